The molecule has 0 radical (unpaired) electrons. The Morgan fingerprint density at radius 1 is 0.875 bits per heavy atom. The lowest BCUT2D eigenvalue weighted by atomic mass is 9.73. The summed E-state index contributed by atoms with van der Waals surface area (Å²) >= 11 is 0. The van der Waals surface area contributed by atoms with Gasteiger partial charge in [0.1, 0.15) is 12.4 Å². The van der Waals surface area contributed by atoms with Crippen molar-refractivity contribution in [3.05, 3.63) is 137 Å². The lowest BCUT2D eigenvalue weighted by Gasteiger charge is -2.37. The van der Waals surface area contributed by atoms with E-state index in [1.165, 1.54) is 0 Å². The van der Waals surface area contributed by atoms with Crippen LogP contribution < -0.4 is 15.0 Å². The molecule has 0 bridgehead atoms. The Hall–Kier alpha value is -4.64. The van der Waals surface area contributed by atoms with Crippen molar-refractivity contribution in [2.24, 2.45) is 5.41 Å². The normalized spacial score (nSPS) is 17.8. The molecular formula is C35H32N2O3. The summed E-state index contributed by atoms with van der Waals surface area (Å²) in [5, 5.41) is 3.58. The van der Waals surface area contributed by atoms with Crippen LogP contribution in [0.15, 0.2) is 120 Å². The molecule has 5 heteroatoms. The number of ether oxygens (including phenoxy) is 1. The van der Waals surface area contributed by atoms with E-state index in [1.807, 2.05) is 109 Å². The number of hydrogen-bond acceptors (Lipinski definition) is 4. The summed E-state index contributed by atoms with van der Waals surface area (Å²) in [4.78, 5) is 30.1. The SMILES string of the molecule is CC1(C)CC(=O)C2=C(C1)Nc1ccccc1N(C(=O)c1ccccc1)C2c1cccc(OCc2ccccc2)c1. The van der Waals surface area contributed by atoms with Gasteiger partial charge in [-0.2, -0.15) is 0 Å². The van der Waals surface area contributed by atoms with Crippen LogP contribution in [0.5, 0.6) is 5.75 Å². The molecule has 1 atom stereocenters. The fraction of sp³-hybridized carbons (Fsp3) is 0.200. The summed E-state index contributed by atoms with van der Waals surface area (Å²) in [6, 6.07) is 34.2. The number of rotatable bonds is 5. The molecule has 4 aromatic rings. The minimum atomic E-state index is -0.622. The van der Waals surface area contributed by atoms with E-state index in [4.69, 9.17) is 4.74 Å². The third-order valence-corrected chi connectivity index (χ3v) is 7.56. The molecular weight excluding hydrogens is 496 g/mol. The molecule has 0 saturated heterocycles. The molecule has 5 nitrogen and oxygen atoms in total. The van der Waals surface area contributed by atoms with Gasteiger partial charge >= 0.3 is 0 Å². The van der Waals surface area contributed by atoms with Crippen molar-refractivity contribution in [2.75, 3.05) is 10.2 Å². The molecule has 1 N–H and O–H groups in total. The third-order valence-electron chi connectivity index (χ3n) is 7.56. The summed E-state index contributed by atoms with van der Waals surface area (Å²) in [6.45, 7) is 4.66. The van der Waals surface area contributed by atoms with Crippen LogP contribution >= 0.6 is 0 Å². The molecule has 1 amide bonds. The summed E-state index contributed by atoms with van der Waals surface area (Å²) in [6.07, 6.45) is 1.12. The maximum absolute atomic E-state index is 14.3. The fourth-order valence-corrected chi connectivity index (χ4v) is 5.76. The number of amides is 1. The van der Waals surface area contributed by atoms with Crippen molar-refractivity contribution in [1.82, 2.24) is 0 Å². The molecule has 0 fully saturated rings. The van der Waals surface area contributed by atoms with Crippen LogP contribution in [-0.4, -0.2) is 11.7 Å². The first kappa shape index (κ1) is 25.6. The fourth-order valence-electron chi connectivity index (χ4n) is 5.76. The Morgan fingerprint density at radius 3 is 2.35 bits per heavy atom. The predicted octanol–water partition coefficient (Wildman–Crippen LogP) is 7.72. The van der Waals surface area contributed by atoms with Gasteiger partial charge in [-0.05, 0) is 59.4 Å². The molecule has 0 saturated carbocycles. The number of benzene rings is 4. The largest absolute Gasteiger partial charge is 0.489 e. The number of anilines is 2. The number of nitrogens with one attached hydrogen (secondary N) is 1. The highest BCUT2D eigenvalue weighted by molar-refractivity contribution is 6.12. The number of para-hydroxylation sites is 2. The average molecular weight is 529 g/mol. The van der Waals surface area contributed by atoms with Crippen molar-refractivity contribution in [3.8, 4) is 5.75 Å². The van der Waals surface area contributed by atoms with Crippen LogP contribution in [0.1, 0.15) is 54.2 Å². The monoisotopic (exact) mass is 528 g/mol. The smallest absolute Gasteiger partial charge is 0.259 e. The van der Waals surface area contributed by atoms with Crippen LogP contribution in [0, 0.1) is 5.41 Å². The van der Waals surface area contributed by atoms with E-state index >= 15 is 0 Å². The van der Waals surface area contributed by atoms with Gasteiger partial charge in [0.05, 0.1) is 17.4 Å². The highest BCUT2D eigenvalue weighted by Crippen LogP contribution is 2.49. The molecule has 0 spiro atoms. The summed E-state index contributed by atoms with van der Waals surface area (Å²) in [5.41, 5.74) is 5.32. The summed E-state index contributed by atoms with van der Waals surface area (Å²) in [5.74, 6) is 0.574. The number of fused-ring (bicyclic) bond motifs is 1. The molecule has 40 heavy (non-hydrogen) atoms. The Labute approximate surface area is 235 Å². The lowest BCUT2D eigenvalue weighted by Crippen LogP contribution is -2.39. The number of Topliss-reactive ketones (excluding diaryl/α,β-unsaturated/α-hetero) is 1. The summed E-state index contributed by atoms with van der Waals surface area (Å²) in [7, 11) is 0. The van der Waals surface area contributed by atoms with E-state index in [9.17, 15) is 9.59 Å². The quantitative estimate of drug-likeness (QED) is 0.288. The van der Waals surface area contributed by atoms with Gasteiger partial charge in [-0.25, -0.2) is 0 Å². The number of allylic oxidation sites excluding steroid dienone is 1. The molecule has 1 aliphatic heterocycles. The van der Waals surface area contributed by atoms with E-state index in [-0.39, 0.29) is 17.1 Å². The van der Waals surface area contributed by atoms with Gasteiger partial charge in [-0.1, -0.05) is 86.6 Å². The van der Waals surface area contributed by atoms with E-state index in [0.717, 1.165) is 28.2 Å². The zero-order valence-corrected chi connectivity index (χ0v) is 22.8. The number of nitrogens with zero attached hydrogens (tertiary/aromatic N) is 1. The van der Waals surface area contributed by atoms with E-state index in [0.29, 0.717) is 36.3 Å². The van der Waals surface area contributed by atoms with Crippen molar-refractivity contribution in [1.29, 1.82) is 0 Å². The van der Waals surface area contributed by atoms with E-state index in [2.05, 4.69) is 19.2 Å². The maximum atomic E-state index is 14.3. The van der Waals surface area contributed by atoms with E-state index < -0.39 is 6.04 Å². The first-order valence-corrected chi connectivity index (χ1v) is 13.7. The molecule has 6 rings (SSSR count). The lowest BCUT2D eigenvalue weighted by molar-refractivity contribution is -0.118. The Kier molecular flexibility index (Phi) is 6.72. The zero-order chi connectivity index (χ0) is 27.7. The Balaban J connectivity index is 1.51. The number of carbonyl (C=O) groups excluding carboxylic acids is 2. The van der Waals surface area contributed by atoms with Gasteiger partial charge < -0.3 is 10.1 Å². The number of hydrogen-bond donors (Lipinski definition) is 1. The molecule has 1 aliphatic carbocycles. The molecule has 0 aromatic heterocycles. The van der Waals surface area contributed by atoms with Crippen molar-refractivity contribution >= 4 is 23.1 Å². The summed E-state index contributed by atoms with van der Waals surface area (Å²) < 4.78 is 6.18. The Bertz CT molecular complexity index is 1590. The number of ketones is 1. The van der Waals surface area contributed by atoms with Crippen molar-refractivity contribution in [3.63, 3.8) is 0 Å². The van der Waals surface area contributed by atoms with Gasteiger partial charge in [-0.15, -0.1) is 0 Å². The second-order valence-corrected chi connectivity index (χ2v) is 11.3. The molecule has 1 heterocycles. The van der Waals surface area contributed by atoms with Crippen LogP contribution in [0.4, 0.5) is 11.4 Å². The van der Waals surface area contributed by atoms with Crippen LogP contribution in [0.25, 0.3) is 0 Å². The van der Waals surface area contributed by atoms with Crippen molar-refractivity contribution < 1.29 is 14.3 Å². The topological polar surface area (TPSA) is 58.6 Å². The Morgan fingerprint density at radius 2 is 1.57 bits per heavy atom. The average Bonchev–Trinajstić information content (AvgIpc) is 3.10. The van der Waals surface area contributed by atoms with E-state index in [1.54, 1.807) is 4.90 Å². The minimum absolute atomic E-state index is 0.0537. The zero-order valence-electron chi connectivity index (χ0n) is 22.8. The second kappa shape index (κ2) is 10.5. The van der Waals surface area contributed by atoms with Crippen LogP contribution in [0.2, 0.25) is 0 Å². The third kappa shape index (κ3) is 5.03. The highest BCUT2D eigenvalue weighted by Gasteiger charge is 2.43. The van der Waals surface area contributed by atoms with Gasteiger partial charge in [-0.3, -0.25) is 14.5 Å². The molecule has 1 unspecified atom stereocenters. The first-order valence-electron chi connectivity index (χ1n) is 13.7. The minimum Gasteiger partial charge on any atom is -0.489 e. The number of carbonyl (C=O) groups is 2. The van der Waals surface area contributed by atoms with Gasteiger partial charge in [0.15, 0.2) is 5.78 Å². The van der Waals surface area contributed by atoms with Crippen molar-refractivity contribution in [2.45, 2.75) is 39.3 Å². The predicted molar refractivity (Wildman–Crippen MR) is 158 cm³/mol. The standard InChI is InChI=1S/C35H32N2O3/c1-35(2)21-29-32(31(38)22-35)33(26-16-11-17-27(20-26)40-23-24-12-5-3-6-13-24)37(30-19-10-9-18-28(30)36-29)34(39)25-14-7-4-8-15-25/h3-20,33,36H,21-23H2,1-2H3. The van der Waals surface area contributed by atoms with Crippen LogP contribution in [0.3, 0.4) is 0 Å². The van der Waals surface area contributed by atoms with Gasteiger partial charge in [0.25, 0.3) is 5.91 Å². The molecule has 2 aliphatic rings. The highest BCUT2D eigenvalue weighted by atomic mass is 16.5. The first-order chi connectivity index (χ1) is 19.4. The van der Waals surface area contributed by atoms with Gasteiger partial charge in [0, 0.05) is 23.3 Å². The van der Waals surface area contributed by atoms with Crippen LogP contribution in [-0.2, 0) is 11.4 Å². The molecule has 4 aromatic carbocycles. The molecule has 200 valence electrons. The van der Waals surface area contributed by atoms with Gasteiger partial charge in [0.2, 0.25) is 0 Å². The maximum Gasteiger partial charge on any atom is 0.259 e. The second-order valence-electron chi connectivity index (χ2n) is 11.3.